The number of rotatable bonds is 4. The predicted molar refractivity (Wildman–Crippen MR) is 56.2 cm³/mol. The molecule has 0 aliphatic carbocycles. The van der Waals surface area contributed by atoms with E-state index in [9.17, 15) is 10.2 Å². The molecule has 1 fully saturated rings. The van der Waals surface area contributed by atoms with Crippen molar-refractivity contribution in [1.29, 1.82) is 0 Å². The molecule has 1 saturated heterocycles. The Kier molecular flexibility index (Phi) is 3.67. The lowest BCUT2D eigenvalue weighted by atomic mass is 10.0. The highest BCUT2D eigenvalue weighted by atomic mass is 16.8. The van der Waals surface area contributed by atoms with E-state index in [1.807, 2.05) is 0 Å². The summed E-state index contributed by atoms with van der Waals surface area (Å²) < 4.78 is 11.0. The average molecular weight is 214 g/mol. The maximum Gasteiger partial charge on any atom is 0.164 e. The highest BCUT2D eigenvalue weighted by molar-refractivity contribution is 5.00. The Balaban J connectivity index is 2.83. The van der Waals surface area contributed by atoms with Crippen molar-refractivity contribution in [3.05, 3.63) is 25.3 Å². The number of hydrogen-bond acceptors (Lipinski definition) is 4. The summed E-state index contributed by atoms with van der Waals surface area (Å²) in [6.45, 7) is 10.4. The van der Waals surface area contributed by atoms with Gasteiger partial charge in [0.25, 0.3) is 0 Å². The number of hydrogen-bond donors (Lipinski definition) is 2. The third kappa shape index (κ3) is 2.66. The van der Waals surface area contributed by atoms with E-state index in [4.69, 9.17) is 9.47 Å². The molecule has 4 atom stereocenters. The fourth-order valence-electron chi connectivity index (χ4n) is 1.61. The third-order valence-electron chi connectivity index (χ3n) is 2.32. The maximum atomic E-state index is 9.64. The van der Waals surface area contributed by atoms with Crippen LogP contribution in [0.2, 0.25) is 0 Å². The number of aliphatic hydroxyl groups is 2. The van der Waals surface area contributed by atoms with Gasteiger partial charge >= 0.3 is 0 Å². The van der Waals surface area contributed by atoms with Crippen LogP contribution in [0.4, 0.5) is 0 Å². The van der Waals surface area contributed by atoms with Crippen LogP contribution in [0.5, 0.6) is 0 Å². The van der Waals surface area contributed by atoms with Gasteiger partial charge in [-0.2, -0.15) is 0 Å². The van der Waals surface area contributed by atoms with Gasteiger partial charge in [-0.1, -0.05) is 12.2 Å². The van der Waals surface area contributed by atoms with E-state index in [2.05, 4.69) is 13.2 Å². The van der Waals surface area contributed by atoms with E-state index in [-0.39, 0.29) is 0 Å². The molecule has 0 aromatic rings. The molecule has 0 aromatic heterocycles. The van der Waals surface area contributed by atoms with Crippen molar-refractivity contribution in [2.24, 2.45) is 0 Å². The lowest BCUT2D eigenvalue weighted by molar-refractivity contribution is -0.157. The molecule has 0 radical (unpaired) electrons. The molecule has 0 saturated carbocycles. The molecule has 0 spiro atoms. The molecule has 0 amide bonds. The minimum absolute atomic E-state index is 0.620. The second-order valence-corrected chi connectivity index (χ2v) is 4.02. The molecule has 4 nitrogen and oxygen atoms in total. The van der Waals surface area contributed by atoms with Gasteiger partial charge in [-0.3, -0.25) is 0 Å². The predicted octanol–water partition coefficient (Wildman–Crippen LogP) is 0.600. The Labute approximate surface area is 89.8 Å². The van der Waals surface area contributed by atoms with E-state index in [0.29, 0.717) is 0 Å². The smallest absolute Gasteiger partial charge is 0.164 e. The largest absolute Gasteiger partial charge is 0.386 e. The molecule has 1 unspecified atom stereocenters. The summed E-state index contributed by atoms with van der Waals surface area (Å²) in [5, 5.41) is 19.3. The summed E-state index contributed by atoms with van der Waals surface area (Å²) in [4.78, 5) is 0. The normalized spacial score (nSPS) is 33.3. The van der Waals surface area contributed by atoms with Gasteiger partial charge in [0, 0.05) is 0 Å². The maximum absolute atomic E-state index is 9.64. The van der Waals surface area contributed by atoms with Gasteiger partial charge in [0.15, 0.2) is 5.79 Å². The Morgan fingerprint density at radius 3 is 1.67 bits per heavy atom. The van der Waals surface area contributed by atoms with Crippen molar-refractivity contribution >= 4 is 0 Å². The molecule has 1 aliphatic rings. The van der Waals surface area contributed by atoms with Crippen LogP contribution in [0.25, 0.3) is 0 Å². The van der Waals surface area contributed by atoms with E-state index < -0.39 is 30.2 Å². The van der Waals surface area contributed by atoms with E-state index in [0.717, 1.165) is 0 Å². The zero-order chi connectivity index (χ0) is 11.6. The van der Waals surface area contributed by atoms with E-state index in [1.165, 1.54) is 12.2 Å². The molecule has 1 rings (SSSR count). The molecular weight excluding hydrogens is 196 g/mol. The van der Waals surface area contributed by atoms with Crippen molar-refractivity contribution in [3.8, 4) is 0 Å². The Bertz CT molecular complexity index is 225. The van der Waals surface area contributed by atoms with Gasteiger partial charge < -0.3 is 19.7 Å². The summed E-state index contributed by atoms with van der Waals surface area (Å²) in [7, 11) is 0. The zero-order valence-corrected chi connectivity index (χ0v) is 9.09. The van der Waals surface area contributed by atoms with Crippen LogP contribution < -0.4 is 0 Å². The van der Waals surface area contributed by atoms with Crippen LogP contribution in [-0.2, 0) is 9.47 Å². The molecule has 0 bridgehead atoms. The summed E-state index contributed by atoms with van der Waals surface area (Å²) in [5.74, 6) is -0.816. The first-order valence-electron chi connectivity index (χ1n) is 4.88. The van der Waals surface area contributed by atoms with Gasteiger partial charge in [0.2, 0.25) is 0 Å². The van der Waals surface area contributed by atoms with Gasteiger partial charge in [0.05, 0.1) is 0 Å². The van der Waals surface area contributed by atoms with Gasteiger partial charge in [-0.15, -0.1) is 13.2 Å². The van der Waals surface area contributed by atoms with E-state index >= 15 is 0 Å². The molecule has 1 aliphatic heterocycles. The first-order chi connectivity index (χ1) is 6.91. The first kappa shape index (κ1) is 12.4. The molecule has 15 heavy (non-hydrogen) atoms. The lowest BCUT2D eigenvalue weighted by Crippen LogP contribution is -2.40. The van der Waals surface area contributed by atoms with Crippen LogP contribution in [0.15, 0.2) is 25.3 Å². The minimum Gasteiger partial charge on any atom is -0.386 e. The fraction of sp³-hybridized carbons (Fsp3) is 0.636. The number of ether oxygens (including phenoxy) is 2. The summed E-state index contributed by atoms with van der Waals surface area (Å²) in [6.07, 6.45) is -0.259. The average Bonchev–Trinajstić information content (AvgIpc) is 2.52. The quantitative estimate of drug-likeness (QED) is 0.673. The van der Waals surface area contributed by atoms with Gasteiger partial charge in [0.1, 0.15) is 24.4 Å². The Hall–Kier alpha value is -0.680. The highest BCUT2D eigenvalue weighted by Crippen LogP contribution is 2.32. The Morgan fingerprint density at radius 1 is 1.07 bits per heavy atom. The second-order valence-electron chi connectivity index (χ2n) is 4.02. The second kappa shape index (κ2) is 4.45. The fourth-order valence-corrected chi connectivity index (χ4v) is 1.61. The molecule has 4 heteroatoms. The van der Waals surface area contributed by atoms with Crippen molar-refractivity contribution in [3.63, 3.8) is 0 Å². The van der Waals surface area contributed by atoms with Crippen molar-refractivity contribution < 1.29 is 19.7 Å². The van der Waals surface area contributed by atoms with Crippen LogP contribution in [0.3, 0.4) is 0 Å². The van der Waals surface area contributed by atoms with E-state index in [1.54, 1.807) is 13.8 Å². The van der Waals surface area contributed by atoms with Crippen molar-refractivity contribution in [2.75, 3.05) is 0 Å². The molecule has 1 heterocycles. The lowest BCUT2D eigenvalue weighted by Gasteiger charge is -2.21. The topological polar surface area (TPSA) is 58.9 Å². The molecule has 86 valence electrons. The van der Waals surface area contributed by atoms with Crippen LogP contribution in [-0.4, -0.2) is 40.4 Å². The first-order valence-corrected chi connectivity index (χ1v) is 4.88. The SMILES string of the molecule is C=CC(O)[C@@H]1OC(C)(C)O[C@H]1[C@@H](O)C=C. The molecule has 2 N–H and O–H groups in total. The molecular formula is C11H18O4. The van der Waals surface area contributed by atoms with Crippen molar-refractivity contribution in [1.82, 2.24) is 0 Å². The summed E-state index contributed by atoms with van der Waals surface area (Å²) in [5.41, 5.74) is 0. The van der Waals surface area contributed by atoms with Crippen LogP contribution >= 0.6 is 0 Å². The van der Waals surface area contributed by atoms with Crippen LogP contribution in [0.1, 0.15) is 13.8 Å². The van der Waals surface area contributed by atoms with Crippen molar-refractivity contribution in [2.45, 2.75) is 44.1 Å². The van der Waals surface area contributed by atoms with Gasteiger partial charge in [-0.05, 0) is 13.8 Å². The monoisotopic (exact) mass is 214 g/mol. The zero-order valence-electron chi connectivity index (χ0n) is 9.09. The summed E-state index contributed by atoms with van der Waals surface area (Å²) in [6, 6.07) is 0. The number of aliphatic hydroxyl groups excluding tert-OH is 2. The highest BCUT2D eigenvalue weighted by Gasteiger charge is 2.46. The minimum atomic E-state index is -0.869. The molecule has 0 aromatic carbocycles. The standard InChI is InChI=1S/C11H18O4/c1-5-7(12)9-10(8(13)6-2)15-11(3,4)14-9/h5-10,12-13H,1-2H2,3-4H3/t7-,8?,9-,10-/m0/s1. The van der Waals surface area contributed by atoms with Crippen LogP contribution in [0, 0.1) is 0 Å². The van der Waals surface area contributed by atoms with Gasteiger partial charge in [-0.25, -0.2) is 0 Å². The third-order valence-corrected chi connectivity index (χ3v) is 2.32. The Morgan fingerprint density at radius 2 is 1.40 bits per heavy atom. The summed E-state index contributed by atoms with van der Waals surface area (Å²) >= 11 is 0.